The minimum Gasteiger partial charge on any atom is -0.497 e. The van der Waals surface area contributed by atoms with Gasteiger partial charge in [0.25, 0.3) is 5.91 Å². The van der Waals surface area contributed by atoms with Crippen LogP contribution in [0.5, 0.6) is 11.5 Å². The van der Waals surface area contributed by atoms with Crippen LogP contribution in [0.15, 0.2) is 18.2 Å². The molecule has 0 unspecified atom stereocenters. The van der Waals surface area contributed by atoms with Gasteiger partial charge in [-0.1, -0.05) is 0 Å². The molecule has 0 saturated heterocycles. The zero-order chi connectivity index (χ0) is 15.2. The summed E-state index contributed by atoms with van der Waals surface area (Å²) in [5, 5.41) is 9.03. The Labute approximate surface area is 125 Å². The minimum absolute atomic E-state index is 0.0346. The van der Waals surface area contributed by atoms with Gasteiger partial charge in [0.1, 0.15) is 11.5 Å². The second-order valence-electron chi connectivity index (χ2n) is 5.23. The highest BCUT2D eigenvalue weighted by Crippen LogP contribution is 2.30. The van der Waals surface area contributed by atoms with Gasteiger partial charge in [-0.2, -0.15) is 0 Å². The number of amides is 1. The molecular weight excluding hydrogens is 270 g/mol. The summed E-state index contributed by atoms with van der Waals surface area (Å²) < 4.78 is 10.5. The van der Waals surface area contributed by atoms with E-state index in [1.54, 1.807) is 32.4 Å². The van der Waals surface area contributed by atoms with E-state index in [0.29, 0.717) is 30.0 Å². The lowest BCUT2D eigenvalue weighted by atomic mass is 9.90. The predicted molar refractivity (Wildman–Crippen MR) is 79.9 cm³/mol. The molecule has 116 valence electrons. The molecule has 1 aromatic rings. The molecule has 0 bridgehead atoms. The Morgan fingerprint density at radius 1 is 1.33 bits per heavy atom. The molecule has 2 rings (SSSR count). The molecule has 1 amide bonds. The molecule has 0 aliphatic heterocycles. The number of hydrogen-bond acceptors (Lipinski definition) is 4. The van der Waals surface area contributed by atoms with Crippen LogP contribution in [-0.2, 0) is 0 Å². The molecule has 21 heavy (non-hydrogen) atoms. The van der Waals surface area contributed by atoms with Gasteiger partial charge in [-0.25, -0.2) is 0 Å². The van der Waals surface area contributed by atoms with E-state index in [1.807, 2.05) is 4.90 Å². The van der Waals surface area contributed by atoms with E-state index >= 15 is 0 Å². The first-order chi connectivity index (χ1) is 10.2. The first kappa shape index (κ1) is 15.6. The molecule has 0 heterocycles. The second kappa shape index (κ2) is 7.31. The molecule has 0 spiro atoms. The lowest BCUT2D eigenvalue weighted by molar-refractivity contribution is 0.0559. The Morgan fingerprint density at radius 3 is 2.62 bits per heavy atom. The first-order valence-corrected chi connectivity index (χ1v) is 7.35. The Morgan fingerprint density at radius 2 is 2.10 bits per heavy atom. The third-order valence-corrected chi connectivity index (χ3v) is 3.97. The average molecular weight is 293 g/mol. The Balaban J connectivity index is 2.22. The van der Waals surface area contributed by atoms with Gasteiger partial charge in [-0.15, -0.1) is 0 Å². The van der Waals surface area contributed by atoms with Crippen molar-refractivity contribution in [1.82, 2.24) is 4.90 Å². The fraction of sp³-hybridized carbons (Fsp3) is 0.562. The third kappa shape index (κ3) is 3.47. The summed E-state index contributed by atoms with van der Waals surface area (Å²) in [6.07, 6.45) is 3.83. The maximum atomic E-state index is 12.8. The van der Waals surface area contributed by atoms with Crippen LogP contribution in [0.2, 0.25) is 0 Å². The van der Waals surface area contributed by atoms with Crippen LogP contribution in [0.25, 0.3) is 0 Å². The number of carbonyl (C=O) groups is 1. The van der Waals surface area contributed by atoms with Gasteiger partial charge in [0.2, 0.25) is 0 Å². The number of hydrogen-bond donors (Lipinski definition) is 1. The second-order valence-corrected chi connectivity index (χ2v) is 5.23. The molecule has 1 fully saturated rings. The van der Waals surface area contributed by atoms with Gasteiger partial charge in [0.15, 0.2) is 0 Å². The van der Waals surface area contributed by atoms with Gasteiger partial charge in [0.05, 0.1) is 19.8 Å². The SMILES string of the molecule is COc1ccc(C(=O)N(CCCO)C2CCC2)c(OC)c1. The summed E-state index contributed by atoms with van der Waals surface area (Å²) in [7, 11) is 3.13. The lowest BCUT2D eigenvalue weighted by Gasteiger charge is -2.37. The van der Waals surface area contributed by atoms with Crippen LogP contribution in [0, 0.1) is 0 Å². The lowest BCUT2D eigenvalue weighted by Crippen LogP contribution is -2.45. The number of ether oxygens (including phenoxy) is 2. The van der Waals surface area contributed by atoms with Crippen molar-refractivity contribution in [3.05, 3.63) is 23.8 Å². The van der Waals surface area contributed by atoms with Crippen LogP contribution in [0.3, 0.4) is 0 Å². The smallest absolute Gasteiger partial charge is 0.257 e. The number of nitrogens with zero attached hydrogens (tertiary/aromatic N) is 1. The molecule has 0 radical (unpaired) electrons. The monoisotopic (exact) mass is 293 g/mol. The molecule has 5 nitrogen and oxygen atoms in total. The van der Waals surface area contributed by atoms with Crippen molar-refractivity contribution in [2.45, 2.75) is 31.7 Å². The normalized spacial score (nSPS) is 14.4. The van der Waals surface area contributed by atoms with E-state index in [2.05, 4.69) is 0 Å². The number of methoxy groups -OCH3 is 2. The standard InChI is InChI=1S/C16H23NO4/c1-20-13-7-8-14(15(11-13)21-2)16(19)17(9-4-10-18)12-5-3-6-12/h7-8,11-12,18H,3-6,9-10H2,1-2H3. The van der Waals surface area contributed by atoms with Gasteiger partial charge in [-0.3, -0.25) is 4.79 Å². The summed E-state index contributed by atoms with van der Waals surface area (Å²) in [5.41, 5.74) is 0.545. The quantitative estimate of drug-likeness (QED) is 0.836. The number of benzene rings is 1. The van der Waals surface area contributed by atoms with E-state index in [0.717, 1.165) is 19.3 Å². The van der Waals surface area contributed by atoms with Crippen LogP contribution >= 0.6 is 0 Å². The van der Waals surface area contributed by atoms with Crippen molar-refractivity contribution in [3.63, 3.8) is 0 Å². The first-order valence-electron chi connectivity index (χ1n) is 7.35. The fourth-order valence-electron chi connectivity index (χ4n) is 2.52. The van der Waals surface area contributed by atoms with Crippen molar-refractivity contribution in [2.75, 3.05) is 27.4 Å². The van der Waals surface area contributed by atoms with Crippen molar-refractivity contribution >= 4 is 5.91 Å². The van der Waals surface area contributed by atoms with Gasteiger partial charge >= 0.3 is 0 Å². The Hall–Kier alpha value is -1.75. The number of carbonyl (C=O) groups excluding carboxylic acids is 1. The van der Waals surface area contributed by atoms with Crippen LogP contribution in [0.1, 0.15) is 36.0 Å². The average Bonchev–Trinajstić information content (AvgIpc) is 2.48. The number of aliphatic hydroxyl groups excluding tert-OH is 1. The van der Waals surface area contributed by atoms with E-state index in [1.165, 1.54) is 0 Å². The number of rotatable bonds is 7. The third-order valence-electron chi connectivity index (χ3n) is 3.97. The van der Waals surface area contributed by atoms with E-state index in [9.17, 15) is 4.79 Å². The van der Waals surface area contributed by atoms with Crippen molar-refractivity contribution in [3.8, 4) is 11.5 Å². The molecule has 5 heteroatoms. The topological polar surface area (TPSA) is 59.0 Å². The molecule has 1 aliphatic carbocycles. The molecule has 0 aromatic heterocycles. The van der Waals surface area contributed by atoms with Crippen LogP contribution < -0.4 is 9.47 Å². The largest absolute Gasteiger partial charge is 0.497 e. The molecule has 1 aromatic carbocycles. The maximum absolute atomic E-state index is 12.8. The molecular formula is C16H23NO4. The van der Waals surface area contributed by atoms with Gasteiger partial charge < -0.3 is 19.5 Å². The summed E-state index contributed by atoms with van der Waals surface area (Å²) in [4.78, 5) is 14.7. The highest BCUT2D eigenvalue weighted by Gasteiger charge is 2.30. The highest BCUT2D eigenvalue weighted by molar-refractivity contribution is 5.97. The van der Waals surface area contributed by atoms with E-state index in [4.69, 9.17) is 14.6 Å². The zero-order valence-electron chi connectivity index (χ0n) is 12.7. The Kier molecular flexibility index (Phi) is 5.44. The van der Waals surface area contributed by atoms with Crippen molar-refractivity contribution in [1.29, 1.82) is 0 Å². The van der Waals surface area contributed by atoms with Gasteiger partial charge in [0, 0.05) is 25.3 Å². The maximum Gasteiger partial charge on any atom is 0.257 e. The minimum atomic E-state index is -0.0346. The molecule has 1 saturated carbocycles. The summed E-state index contributed by atoms with van der Waals surface area (Å²) >= 11 is 0. The summed E-state index contributed by atoms with van der Waals surface area (Å²) in [5.74, 6) is 1.15. The van der Waals surface area contributed by atoms with Crippen LogP contribution in [-0.4, -0.2) is 49.3 Å². The molecule has 1 N–H and O–H groups in total. The Bertz CT molecular complexity index is 485. The van der Waals surface area contributed by atoms with Crippen LogP contribution in [0.4, 0.5) is 0 Å². The van der Waals surface area contributed by atoms with E-state index < -0.39 is 0 Å². The van der Waals surface area contributed by atoms with Crippen molar-refractivity contribution < 1.29 is 19.4 Å². The molecule has 0 atom stereocenters. The van der Waals surface area contributed by atoms with Gasteiger partial charge in [-0.05, 0) is 37.8 Å². The summed E-state index contributed by atoms with van der Waals surface area (Å²) in [6.45, 7) is 0.672. The van der Waals surface area contributed by atoms with Crippen molar-refractivity contribution in [2.24, 2.45) is 0 Å². The molecule has 1 aliphatic rings. The highest BCUT2D eigenvalue weighted by atomic mass is 16.5. The predicted octanol–water partition coefficient (Wildman–Crippen LogP) is 2.08. The number of aliphatic hydroxyl groups is 1. The van der Waals surface area contributed by atoms with E-state index in [-0.39, 0.29) is 18.6 Å². The zero-order valence-corrected chi connectivity index (χ0v) is 12.7. The summed E-state index contributed by atoms with van der Waals surface area (Å²) in [6, 6.07) is 5.51. The fourth-order valence-corrected chi connectivity index (χ4v) is 2.52.